The number of aryl methyl sites for hydroxylation is 1. The second-order valence-electron chi connectivity index (χ2n) is 4.17. The number of nitrogens with zero attached hydrogens (tertiary/aromatic N) is 1. The van der Waals surface area contributed by atoms with E-state index in [-0.39, 0.29) is 12.1 Å². The number of hydrogen-bond donors (Lipinski definition) is 2. The molecule has 0 aliphatic heterocycles. The molecule has 17 heavy (non-hydrogen) atoms. The zero-order valence-electron chi connectivity index (χ0n) is 10.9. The predicted molar refractivity (Wildman–Crippen MR) is 69.5 cm³/mol. The molecule has 96 valence electrons. The van der Waals surface area contributed by atoms with Gasteiger partial charge in [-0.15, -0.1) is 0 Å². The highest BCUT2D eigenvalue weighted by Crippen LogP contribution is 2.09. The van der Waals surface area contributed by atoms with Crippen molar-refractivity contribution in [3.05, 3.63) is 29.6 Å². The highest BCUT2D eigenvalue weighted by Gasteiger charge is 2.19. The molecule has 1 aromatic heterocycles. The predicted octanol–water partition coefficient (Wildman–Crippen LogP) is 1.44. The third kappa shape index (κ3) is 4.07. The number of aromatic nitrogens is 1. The van der Waals surface area contributed by atoms with Crippen LogP contribution in [-0.4, -0.2) is 24.2 Å². The van der Waals surface area contributed by atoms with E-state index in [4.69, 9.17) is 10.6 Å². The molecular weight excluding hydrogens is 214 g/mol. The van der Waals surface area contributed by atoms with Crippen LogP contribution in [0.2, 0.25) is 0 Å². The summed E-state index contributed by atoms with van der Waals surface area (Å²) in [6.45, 7) is 4.21. The maximum Gasteiger partial charge on any atom is 0.0738 e. The Bertz CT molecular complexity index is 309. The molecule has 0 bridgehead atoms. The minimum atomic E-state index is 0.102. The number of methoxy groups -OCH3 is 1. The van der Waals surface area contributed by atoms with Crippen molar-refractivity contribution >= 4 is 0 Å². The second-order valence-corrected chi connectivity index (χ2v) is 4.17. The van der Waals surface area contributed by atoms with Gasteiger partial charge in [0.1, 0.15) is 0 Å². The van der Waals surface area contributed by atoms with Crippen LogP contribution in [0.25, 0.3) is 0 Å². The summed E-state index contributed by atoms with van der Waals surface area (Å²) >= 11 is 0. The summed E-state index contributed by atoms with van der Waals surface area (Å²) in [5.74, 6) is 5.57. The highest BCUT2D eigenvalue weighted by atomic mass is 16.5. The molecule has 1 aromatic rings. The van der Waals surface area contributed by atoms with Gasteiger partial charge in [0.2, 0.25) is 0 Å². The third-order valence-corrected chi connectivity index (χ3v) is 3.09. The molecule has 0 aliphatic rings. The van der Waals surface area contributed by atoms with Crippen molar-refractivity contribution in [2.75, 3.05) is 7.11 Å². The zero-order valence-corrected chi connectivity index (χ0v) is 10.9. The van der Waals surface area contributed by atoms with Gasteiger partial charge in [0.25, 0.3) is 0 Å². The average molecular weight is 237 g/mol. The van der Waals surface area contributed by atoms with Gasteiger partial charge in [-0.25, -0.2) is 0 Å². The lowest BCUT2D eigenvalue weighted by molar-refractivity contribution is 0.0650. The van der Waals surface area contributed by atoms with Crippen LogP contribution in [0, 0.1) is 0 Å². The van der Waals surface area contributed by atoms with Crippen molar-refractivity contribution in [2.24, 2.45) is 5.84 Å². The lowest BCUT2D eigenvalue weighted by Crippen LogP contribution is -2.46. The molecule has 1 heterocycles. The Labute approximate surface area is 104 Å². The molecule has 0 radical (unpaired) electrons. The molecule has 4 nitrogen and oxygen atoms in total. The standard InChI is InChI=1S/C13H23N3O/c1-4-10-6-7-11(15-9-10)8-12(16-14)13(5-2)17-3/h6-7,9,12-13,16H,4-5,8,14H2,1-3H3. The van der Waals surface area contributed by atoms with Gasteiger partial charge in [0.15, 0.2) is 0 Å². The highest BCUT2D eigenvalue weighted by molar-refractivity contribution is 5.14. The zero-order chi connectivity index (χ0) is 12.7. The number of hydrazine groups is 1. The number of ether oxygens (including phenoxy) is 1. The first-order valence-electron chi connectivity index (χ1n) is 6.17. The maximum atomic E-state index is 5.57. The van der Waals surface area contributed by atoms with Gasteiger partial charge in [-0.1, -0.05) is 19.9 Å². The van der Waals surface area contributed by atoms with E-state index >= 15 is 0 Å². The van der Waals surface area contributed by atoms with Crippen LogP contribution in [0.15, 0.2) is 18.3 Å². The van der Waals surface area contributed by atoms with E-state index in [1.807, 2.05) is 6.20 Å². The smallest absolute Gasteiger partial charge is 0.0738 e. The van der Waals surface area contributed by atoms with Crippen molar-refractivity contribution in [1.82, 2.24) is 10.4 Å². The first-order chi connectivity index (χ1) is 8.24. The topological polar surface area (TPSA) is 60.2 Å². The molecule has 1 rings (SSSR count). The summed E-state index contributed by atoms with van der Waals surface area (Å²) in [5.41, 5.74) is 5.11. The molecule has 0 amide bonds. The van der Waals surface area contributed by atoms with Gasteiger partial charge in [-0.05, 0) is 24.5 Å². The fourth-order valence-electron chi connectivity index (χ4n) is 1.92. The molecule has 3 N–H and O–H groups in total. The molecule has 0 fully saturated rings. The first kappa shape index (κ1) is 14.1. The van der Waals surface area contributed by atoms with Gasteiger partial charge in [-0.2, -0.15) is 0 Å². The Kier molecular flexibility index (Phi) is 6.11. The van der Waals surface area contributed by atoms with Crippen LogP contribution < -0.4 is 11.3 Å². The van der Waals surface area contributed by atoms with Gasteiger partial charge < -0.3 is 4.74 Å². The van der Waals surface area contributed by atoms with E-state index in [1.54, 1.807) is 7.11 Å². The molecule has 0 aliphatic carbocycles. The normalized spacial score (nSPS) is 14.6. The van der Waals surface area contributed by atoms with Crippen molar-refractivity contribution in [2.45, 2.75) is 45.3 Å². The fraction of sp³-hybridized carbons (Fsp3) is 0.615. The molecule has 0 saturated carbocycles. The summed E-state index contributed by atoms with van der Waals surface area (Å²) in [6, 6.07) is 4.28. The van der Waals surface area contributed by atoms with E-state index in [1.165, 1.54) is 5.56 Å². The summed E-state index contributed by atoms with van der Waals surface area (Å²) in [6.07, 6.45) is 4.77. The number of rotatable bonds is 7. The monoisotopic (exact) mass is 237 g/mol. The Morgan fingerprint density at radius 1 is 1.41 bits per heavy atom. The lowest BCUT2D eigenvalue weighted by atomic mass is 10.0. The number of nitrogens with one attached hydrogen (secondary N) is 1. The molecular formula is C13H23N3O. The maximum absolute atomic E-state index is 5.57. The van der Waals surface area contributed by atoms with Crippen molar-refractivity contribution in [3.8, 4) is 0 Å². The molecule has 4 heteroatoms. The fourth-order valence-corrected chi connectivity index (χ4v) is 1.92. The van der Waals surface area contributed by atoms with E-state index in [0.717, 1.165) is 25.0 Å². The quantitative estimate of drug-likeness (QED) is 0.556. The van der Waals surface area contributed by atoms with Crippen LogP contribution >= 0.6 is 0 Å². The second kappa shape index (κ2) is 7.37. The van der Waals surface area contributed by atoms with Crippen LogP contribution in [-0.2, 0) is 17.6 Å². The Morgan fingerprint density at radius 2 is 2.18 bits per heavy atom. The number of hydrogen-bond acceptors (Lipinski definition) is 4. The Morgan fingerprint density at radius 3 is 2.59 bits per heavy atom. The number of nitrogens with two attached hydrogens (primary N) is 1. The van der Waals surface area contributed by atoms with Crippen molar-refractivity contribution in [1.29, 1.82) is 0 Å². The van der Waals surface area contributed by atoms with Gasteiger partial charge in [0, 0.05) is 25.4 Å². The summed E-state index contributed by atoms with van der Waals surface area (Å²) < 4.78 is 5.40. The minimum absolute atomic E-state index is 0.102. The molecule has 2 unspecified atom stereocenters. The SMILES string of the molecule is CCc1ccc(CC(NN)C(CC)OC)nc1. The molecule has 2 atom stereocenters. The molecule has 0 spiro atoms. The molecule has 0 aromatic carbocycles. The van der Waals surface area contributed by atoms with E-state index in [0.29, 0.717) is 0 Å². The van der Waals surface area contributed by atoms with Crippen LogP contribution in [0.1, 0.15) is 31.5 Å². The van der Waals surface area contributed by atoms with Gasteiger partial charge in [0.05, 0.1) is 12.1 Å². The van der Waals surface area contributed by atoms with Crippen molar-refractivity contribution < 1.29 is 4.74 Å². The Balaban J connectivity index is 2.66. The third-order valence-electron chi connectivity index (χ3n) is 3.09. The summed E-state index contributed by atoms with van der Waals surface area (Å²) in [4.78, 5) is 4.44. The van der Waals surface area contributed by atoms with Crippen LogP contribution in [0.5, 0.6) is 0 Å². The van der Waals surface area contributed by atoms with Crippen LogP contribution in [0.3, 0.4) is 0 Å². The van der Waals surface area contributed by atoms with E-state index < -0.39 is 0 Å². The van der Waals surface area contributed by atoms with E-state index in [9.17, 15) is 0 Å². The van der Waals surface area contributed by atoms with E-state index in [2.05, 4.69) is 36.4 Å². The average Bonchev–Trinajstić information content (AvgIpc) is 2.39. The largest absolute Gasteiger partial charge is 0.380 e. The minimum Gasteiger partial charge on any atom is -0.380 e. The molecule has 0 saturated heterocycles. The first-order valence-corrected chi connectivity index (χ1v) is 6.17. The van der Waals surface area contributed by atoms with Gasteiger partial charge in [-0.3, -0.25) is 16.3 Å². The number of pyridine rings is 1. The summed E-state index contributed by atoms with van der Waals surface area (Å²) in [7, 11) is 1.71. The Hall–Kier alpha value is -0.970. The summed E-state index contributed by atoms with van der Waals surface area (Å²) in [5, 5.41) is 0. The lowest BCUT2D eigenvalue weighted by Gasteiger charge is -2.24. The van der Waals surface area contributed by atoms with Crippen molar-refractivity contribution in [3.63, 3.8) is 0 Å². The van der Waals surface area contributed by atoms with Gasteiger partial charge >= 0.3 is 0 Å². The van der Waals surface area contributed by atoms with Crippen LogP contribution in [0.4, 0.5) is 0 Å².